The molecule has 1 aliphatic heterocycles. The van der Waals surface area contributed by atoms with E-state index in [9.17, 15) is 9.90 Å². The van der Waals surface area contributed by atoms with E-state index in [-0.39, 0.29) is 6.04 Å². The van der Waals surface area contributed by atoms with Crippen LogP contribution < -0.4 is 4.74 Å². The molecule has 120 valence electrons. The average Bonchev–Trinajstić information content (AvgIpc) is 2.88. The Bertz CT molecular complexity index is 563. The van der Waals surface area contributed by atoms with Gasteiger partial charge in [-0.05, 0) is 37.3 Å². The molecule has 0 spiro atoms. The molecule has 1 aromatic carbocycles. The monoisotopic (exact) mass is 367 g/mol. The normalized spacial score (nSPS) is 28.4. The highest BCUT2D eigenvalue weighted by Crippen LogP contribution is 2.41. The number of hydrogen-bond acceptors (Lipinski definition) is 3. The van der Waals surface area contributed by atoms with Crippen molar-refractivity contribution in [3.05, 3.63) is 28.2 Å². The van der Waals surface area contributed by atoms with Crippen LogP contribution in [0, 0.1) is 5.92 Å². The van der Waals surface area contributed by atoms with Gasteiger partial charge in [0, 0.05) is 22.6 Å². The first-order valence-corrected chi connectivity index (χ1v) is 8.70. The maximum Gasteiger partial charge on any atom is 0.320 e. The van der Waals surface area contributed by atoms with Gasteiger partial charge in [0.2, 0.25) is 0 Å². The third-order valence-corrected chi connectivity index (χ3v) is 5.60. The highest BCUT2D eigenvalue weighted by molar-refractivity contribution is 9.10. The van der Waals surface area contributed by atoms with Crippen molar-refractivity contribution in [2.45, 2.75) is 50.7 Å². The predicted octanol–water partition coefficient (Wildman–Crippen LogP) is 3.68. The second kappa shape index (κ2) is 6.59. The van der Waals surface area contributed by atoms with Crippen molar-refractivity contribution in [3.8, 4) is 5.75 Å². The summed E-state index contributed by atoms with van der Waals surface area (Å²) in [4.78, 5) is 13.9. The van der Waals surface area contributed by atoms with Gasteiger partial charge in [-0.15, -0.1) is 0 Å². The number of nitrogens with zero attached hydrogens (tertiary/aromatic N) is 1. The van der Waals surface area contributed by atoms with Crippen LogP contribution in [0.3, 0.4) is 0 Å². The number of likely N-dealkylation sites (tertiary alicyclic amines) is 1. The Labute approximate surface area is 139 Å². The van der Waals surface area contributed by atoms with E-state index in [0.29, 0.717) is 18.5 Å². The van der Waals surface area contributed by atoms with E-state index in [1.807, 2.05) is 18.2 Å². The average molecular weight is 368 g/mol. The summed E-state index contributed by atoms with van der Waals surface area (Å²) in [6, 6.07) is 6.00. The van der Waals surface area contributed by atoms with Crippen LogP contribution in [-0.2, 0) is 11.3 Å². The number of methoxy groups -OCH3 is 1. The minimum Gasteiger partial charge on any atom is -0.496 e. The third-order valence-electron chi connectivity index (χ3n) is 5.11. The van der Waals surface area contributed by atoms with Crippen molar-refractivity contribution in [2.75, 3.05) is 7.11 Å². The third kappa shape index (κ3) is 3.01. The Balaban J connectivity index is 1.86. The molecule has 2 aliphatic rings. The summed E-state index contributed by atoms with van der Waals surface area (Å²) < 4.78 is 6.44. The molecular weight excluding hydrogens is 346 g/mol. The molecule has 4 nitrogen and oxygen atoms in total. The van der Waals surface area contributed by atoms with Crippen LogP contribution in [0.2, 0.25) is 0 Å². The van der Waals surface area contributed by atoms with Gasteiger partial charge in [-0.2, -0.15) is 0 Å². The number of benzene rings is 1. The van der Waals surface area contributed by atoms with Gasteiger partial charge in [0.05, 0.1) is 7.11 Å². The zero-order valence-electron chi connectivity index (χ0n) is 12.8. The highest BCUT2D eigenvalue weighted by Gasteiger charge is 2.45. The molecule has 1 saturated carbocycles. The Morgan fingerprint density at radius 2 is 2.18 bits per heavy atom. The molecule has 5 heteroatoms. The zero-order chi connectivity index (χ0) is 15.7. The highest BCUT2D eigenvalue weighted by atomic mass is 79.9. The van der Waals surface area contributed by atoms with Gasteiger partial charge >= 0.3 is 5.97 Å². The van der Waals surface area contributed by atoms with Gasteiger partial charge in [-0.25, -0.2) is 0 Å². The number of hydrogen-bond donors (Lipinski definition) is 1. The summed E-state index contributed by atoms with van der Waals surface area (Å²) in [5.41, 5.74) is 1.06. The number of fused-ring (bicyclic) bond motifs is 1. The molecular formula is C17H22BrNO3. The number of carbonyl (C=O) groups is 1. The molecule has 3 atom stereocenters. The second-order valence-electron chi connectivity index (χ2n) is 6.33. The van der Waals surface area contributed by atoms with Crippen LogP contribution in [0.25, 0.3) is 0 Å². The maximum atomic E-state index is 11.7. The number of carboxylic acid groups (broad SMARTS) is 1. The molecule has 2 fully saturated rings. The lowest BCUT2D eigenvalue weighted by atomic mass is 9.84. The summed E-state index contributed by atoms with van der Waals surface area (Å²) >= 11 is 3.45. The van der Waals surface area contributed by atoms with E-state index >= 15 is 0 Å². The quantitative estimate of drug-likeness (QED) is 0.881. The number of rotatable bonds is 4. The topological polar surface area (TPSA) is 49.8 Å². The number of aliphatic carboxylic acids is 1. The maximum absolute atomic E-state index is 11.7. The Morgan fingerprint density at radius 1 is 1.41 bits per heavy atom. The smallest absolute Gasteiger partial charge is 0.320 e. The van der Waals surface area contributed by atoms with Crippen molar-refractivity contribution in [3.63, 3.8) is 0 Å². The minimum absolute atomic E-state index is 0.360. The molecule has 0 amide bonds. The molecule has 1 saturated heterocycles. The molecule has 0 aromatic heterocycles. The van der Waals surface area contributed by atoms with Crippen molar-refractivity contribution in [1.82, 2.24) is 4.90 Å². The molecule has 1 N–H and O–H groups in total. The fraction of sp³-hybridized carbons (Fsp3) is 0.588. The fourth-order valence-electron chi connectivity index (χ4n) is 4.07. The lowest BCUT2D eigenvalue weighted by molar-refractivity contribution is -0.142. The lowest BCUT2D eigenvalue weighted by Crippen LogP contribution is -2.41. The summed E-state index contributed by atoms with van der Waals surface area (Å²) in [5, 5.41) is 9.60. The largest absolute Gasteiger partial charge is 0.496 e. The first-order chi connectivity index (χ1) is 10.6. The van der Waals surface area contributed by atoms with Gasteiger partial charge in [0.15, 0.2) is 0 Å². The van der Waals surface area contributed by atoms with Crippen molar-refractivity contribution < 1.29 is 14.6 Å². The standard InChI is InChI=1S/C17H22BrNO3/c1-22-16-9-13(18)7-6-12(16)10-19-14-5-3-2-4-11(14)8-15(19)17(20)21/h6-7,9,11,14-15H,2-5,8,10H2,1H3,(H,20,21). The van der Waals surface area contributed by atoms with E-state index in [1.165, 1.54) is 19.3 Å². The molecule has 3 rings (SSSR count). The first kappa shape index (κ1) is 15.8. The summed E-state index contributed by atoms with van der Waals surface area (Å²) in [5.74, 6) is 0.666. The SMILES string of the molecule is COc1cc(Br)ccc1CN1C(C(=O)O)CC2CCCCC21. The van der Waals surface area contributed by atoms with Crippen molar-refractivity contribution in [2.24, 2.45) is 5.92 Å². The molecule has 0 radical (unpaired) electrons. The Hall–Kier alpha value is -1.07. The van der Waals surface area contributed by atoms with E-state index in [4.69, 9.17) is 4.74 Å². The van der Waals surface area contributed by atoms with Gasteiger partial charge in [-0.3, -0.25) is 9.69 Å². The molecule has 1 aliphatic carbocycles. The molecule has 1 aromatic rings. The lowest BCUT2D eigenvalue weighted by Gasteiger charge is -2.33. The van der Waals surface area contributed by atoms with Gasteiger partial charge < -0.3 is 9.84 Å². The molecule has 3 unspecified atom stereocenters. The van der Waals surface area contributed by atoms with E-state index in [0.717, 1.165) is 28.6 Å². The fourth-order valence-corrected chi connectivity index (χ4v) is 4.41. The predicted molar refractivity (Wildman–Crippen MR) is 88.0 cm³/mol. The van der Waals surface area contributed by atoms with Crippen LogP contribution in [0.15, 0.2) is 22.7 Å². The van der Waals surface area contributed by atoms with Crippen LogP contribution in [0.1, 0.15) is 37.7 Å². The van der Waals surface area contributed by atoms with Gasteiger partial charge in [0.1, 0.15) is 11.8 Å². The van der Waals surface area contributed by atoms with Gasteiger partial charge in [0.25, 0.3) is 0 Å². The molecule has 22 heavy (non-hydrogen) atoms. The molecule has 0 bridgehead atoms. The number of carboxylic acids is 1. The second-order valence-corrected chi connectivity index (χ2v) is 7.25. The summed E-state index contributed by atoms with van der Waals surface area (Å²) in [7, 11) is 1.66. The van der Waals surface area contributed by atoms with Gasteiger partial charge in [-0.1, -0.05) is 34.8 Å². The van der Waals surface area contributed by atoms with E-state index in [1.54, 1.807) is 7.11 Å². The van der Waals surface area contributed by atoms with Crippen molar-refractivity contribution >= 4 is 21.9 Å². The van der Waals surface area contributed by atoms with Crippen LogP contribution >= 0.6 is 15.9 Å². The van der Waals surface area contributed by atoms with E-state index < -0.39 is 5.97 Å². The van der Waals surface area contributed by atoms with E-state index in [2.05, 4.69) is 20.8 Å². The first-order valence-electron chi connectivity index (χ1n) is 7.91. The Kier molecular flexibility index (Phi) is 4.73. The number of halogens is 1. The van der Waals surface area contributed by atoms with Crippen LogP contribution in [0.4, 0.5) is 0 Å². The van der Waals surface area contributed by atoms with Crippen LogP contribution in [-0.4, -0.2) is 35.2 Å². The summed E-state index contributed by atoms with van der Waals surface area (Å²) in [6.07, 6.45) is 5.53. The minimum atomic E-state index is -0.689. The molecule has 1 heterocycles. The summed E-state index contributed by atoms with van der Waals surface area (Å²) in [6.45, 7) is 0.647. The number of ether oxygens (including phenoxy) is 1. The van der Waals surface area contributed by atoms with Crippen molar-refractivity contribution in [1.29, 1.82) is 0 Å². The van der Waals surface area contributed by atoms with Crippen LogP contribution in [0.5, 0.6) is 5.75 Å². The Morgan fingerprint density at radius 3 is 2.91 bits per heavy atom. The zero-order valence-corrected chi connectivity index (χ0v) is 14.4.